The fraction of sp³-hybridized carbons (Fsp3) is 0.455. The monoisotopic (exact) mass is 211 g/mol. The molecule has 0 radical (unpaired) electrons. The maximum atomic E-state index is 11.7. The van der Waals surface area contributed by atoms with Crippen molar-refractivity contribution in [2.24, 2.45) is 0 Å². The topological polar surface area (TPSA) is 29.1 Å². The van der Waals surface area contributed by atoms with E-state index in [2.05, 4.69) is 12.2 Å². The summed E-state index contributed by atoms with van der Waals surface area (Å²) >= 11 is 0. The molecule has 1 N–H and O–H groups in total. The molecule has 0 bridgehead atoms. The molecule has 1 aromatic rings. The Kier molecular flexibility index (Phi) is 4.84. The van der Waals surface area contributed by atoms with Gasteiger partial charge in [-0.25, -0.2) is 0 Å². The highest BCUT2D eigenvalue weighted by atomic mass is 32.2. The second kappa shape index (κ2) is 5.94. The van der Waals surface area contributed by atoms with Gasteiger partial charge < -0.3 is 5.32 Å². The third-order valence-electron chi connectivity index (χ3n) is 1.97. The summed E-state index contributed by atoms with van der Waals surface area (Å²) in [6.45, 7) is 5.82. The van der Waals surface area contributed by atoms with Crippen molar-refractivity contribution in [1.82, 2.24) is 5.32 Å². The van der Waals surface area contributed by atoms with Gasteiger partial charge in [0.2, 0.25) is 0 Å². The normalized spacial score (nSPS) is 12.7. The first kappa shape index (κ1) is 11.4. The summed E-state index contributed by atoms with van der Waals surface area (Å²) in [7, 11) is -0.858. The molecule has 0 aliphatic rings. The van der Waals surface area contributed by atoms with Gasteiger partial charge >= 0.3 is 0 Å². The lowest BCUT2D eigenvalue weighted by atomic mass is 10.2. The molecule has 1 aromatic carbocycles. The standard InChI is InChI=1S/C11H17NOS/c1-3-12-7-8-14(13)11-6-4-5-10(2)9-11/h4-6,9,12H,3,7-8H2,1-2H3. The molecule has 1 rings (SSSR count). The number of benzene rings is 1. The minimum atomic E-state index is -0.858. The molecule has 1 unspecified atom stereocenters. The van der Waals surface area contributed by atoms with Crippen LogP contribution in [0.1, 0.15) is 12.5 Å². The third-order valence-corrected chi connectivity index (χ3v) is 3.32. The SMILES string of the molecule is CCNCCS(=O)c1cccc(C)c1. The van der Waals surface area contributed by atoms with E-state index in [1.807, 2.05) is 31.2 Å². The Balaban J connectivity index is 2.52. The van der Waals surface area contributed by atoms with Crippen molar-refractivity contribution >= 4 is 10.8 Å². The zero-order chi connectivity index (χ0) is 10.4. The van der Waals surface area contributed by atoms with E-state index in [9.17, 15) is 4.21 Å². The molecule has 78 valence electrons. The Bertz CT molecular complexity index is 312. The van der Waals surface area contributed by atoms with Crippen molar-refractivity contribution in [2.45, 2.75) is 18.7 Å². The number of hydrogen-bond acceptors (Lipinski definition) is 2. The van der Waals surface area contributed by atoms with Crippen molar-refractivity contribution in [3.8, 4) is 0 Å². The Morgan fingerprint density at radius 3 is 2.86 bits per heavy atom. The Morgan fingerprint density at radius 2 is 2.21 bits per heavy atom. The molecular formula is C11H17NOS. The quantitative estimate of drug-likeness (QED) is 0.751. The van der Waals surface area contributed by atoms with E-state index in [1.165, 1.54) is 5.56 Å². The van der Waals surface area contributed by atoms with Crippen LogP contribution in [0.4, 0.5) is 0 Å². The van der Waals surface area contributed by atoms with Crippen LogP contribution >= 0.6 is 0 Å². The maximum Gasteiger partial charge on any atom is 0.0542 e. The summed E-state index contributed by atoms with van der Waals surface area (Å²) in [6.07, 6.45) is 0. The summed E-state index contributed by atoms with van der Waals surface area (Å²) in [4.78, 5) is 0.933. The predicted molar refractivity (Wildman–Crippen MR) is 61.0 cm³/mol. The molecule has 14 heavy (non-hydrogen) atoms. The van der Waals surface area contributed by atoms with Gasteiger partial charge in [0.05, 0.1) is 10.8 Å². The van der Waals surface area contributed by atoms with Gasteiger partial charge in [0.1, 0.15) is 0 Å². The highest BCUT2D eigenvalue weighted by molar-refractivity contribution is 7.85. The number of aryl methyl sites for hydroxylation is 1. The van der Waals surface area contributed by atoms with E-state index >= 15 is 0 Å². The van der Waals surface area contributed by atoms with Gasteiger partial charge in [0.25, 0.3) is 0 Å². The van der Waals surface area contributed by atoms with Gasteiger partial charge in [-0.1, -0.05) is 19.1 Å². The summed E-state index contributed by atoms with van der Waals surface area (Å²) < 4.78 is 11.7. The Labute approximate surface area is 88.2 Å². The van der Waals surface area contributed by atoms with Crippen LogP contribution in [0.3, 0.4) is 0 Å². The maximum absolute atomic E-state index is 11.7. The molecule has 0 amide bonds. The predicted octanol–water partition coefficient (Wildman–Crippen LogP) is 1.71. The van der Waals surface area contributed by atoms with E-state index in [0.29, 0.717) is 5.75 Å². The first-order chi connectivity index (χ1) is 6.74. The van der Waals surface area contributed by atoms with Gasteiger partial charge in [0, 0.05) is 17.2 Å². The lowest BCUT2D eigenvalue weighted by Gasteiger charge is -2.03. The second-order valence-corrected chi connectivity index (χ2v) is 4.79. The smallest absolute Gasteiger partial charge is 0.0542 e. The summed E-state index contributed by atoms with van der Waals surface area (Å²) in [5.41, 5.74) is 1.17. The van der Waals surface area contributed by atoms with E-state index in [-0.39, 0.29) is 0 Å². The molecule has 0 heterocycles. The molecule has 1 atom stereocenters. The highest BCUT2D eigenvalue weighted by Gasteiger charge is 2.02. The largest absolute Gasteiger partial charge is 0.316 e. The van der Waals surface area contributed by atoms with Crippen LogP contribution in [0.15, 0.2) is 29.2 Å². The van der Waals surface area contributed by atoms with Crippen LogP contribution in [0, 0.1) is 6.92 Å². The van der Waals surface area contributed by atoms with E-state index in [1.54, 1.807) is 0 Å². The first-order valence-corrected chi connectivity index (χ1v) is 6.21. The van der Waals surface area contributed by atoms with E-state index in [4.69, 9.17) is 0 Å². The van der Waals surface area contributed by atoms with Gasteiger partial charge in [-0.3, -0.25) is 4.21 Å². The second-order valence-electron chi connectivity index (χ2n) is 3.22. The zero-order valence-electron chi connectivity index (χ0n) is 8.75. The van der Waals surface area contributed by atoms with Gasteiger partial charge in [-0.2, -0.15) is 0 Å². The van der Waals surface area contributed by atoms with Gasteiger partial charge in [0.15, 0.2) is 0 Å². The molecular weight excluding hydrogens is 194 g/mol. The average molecular weight is 211 g/mol. The molecule has 0 aliphatic heterocycles. The van der Waals surface area contributed by atoms with Crippen molar-refractivity contribution in [1.29, 1.82) is 0 Å². The summed E-state index contributed by atoms with van der Waals surface area (Å²) in [5, 5.41) is 3.17. The fourth-order valence-corrected chi connectivity index (χ4v) is 2.33. The summed E-state index contributed by atoms with van der Waals surface area (Å²) in [5.74, 6) is 0.692. The average Bonchev–Trinajstić information content (AvgIpc) is 2.18. The van der Waals surface area contributed by atoms with Crippen molar-refractivity contribution in [3.05, 3.63) is 29.8 Å². The molecule has 0 saturated carbocycles. The summed E-state index contributed by atoms with van der Waals surface area (Å²) in [6, 6.07) is 7.89. The highest BCUT2D eigenvalue weighted by Crippen LogP contribution is 2.08. The first-order valence-electron chi connectivity index (χ1n) is 4.90. The van der Waals surface area contributed by atoms with Crippen molar-refractivity contribution in [3.63, 3.8) is 0 Å². The third kappa shape index (κ3) is 3.60. The molecule has 0 fully saturated rings. The zero-order valence-corrected chi connectivity index (χ0v) is 9.56. The van der Waals surface area contributed by atoms with Crippen molar-refractivity contribution in [2.75, 3.05) is 18.8 Å². The molecule has 0 spiro atoms. The Hall–Kier alpha value is -0.670. The number of rotatable bonds is 5. The molecule has 2 nitrogen and oxygen atoms in total. The van der Waals surface area contributed by atoms with Gasteiger partial charge in [-0.15, -0.1) is 0 Å². The molecule has 3 heteroatoms. The molecule has 0 aliphatic carbocycles. The minimum Gasteiger partial charge on any atom is -0.316 e. The van der Waals surface area contributed by atoms with Gasteiger partial charge in [-0.05, 0) is 31.2 Å². The van der Waals surface area contributed by atoms with Crippen LogP contribution in [0.25, 0.3) is 0 Å². The fourth-order valence-electron chi connectivity index (χ4n) is 1.22. The van der Waals surface area contributed by atoms with Crippen LogP contribution in [0.2, 0.25) is 0 Å². The minimum absolute atomic E-state index is 0.692. The van der Waals surface area contributed by atoms with Crippen LogP contribution in [0.5, 0.6) is 0 Å². The van der Waals surface area contributed by atoms with Crippen LogP contribution < -0.4 is 5.32 Å². The van der Waals surface area contributed by atoms with Crippen LogP contribution in [-0.2, 0) is 10.8 Å². The van der Waals surface area contributed by atoms with E-state index in [0.717, 1.165) is 18.0 Å². The lowest BCUT2D eigenvalue weighted by molar-refractivity contribution is 0.677. The number of nitrogens with one attached hydrogen (secondary N) is 1. The molecule has 0 aromatic heterocycles. The Morgan fingerprint density at radius 1 is 1.43 bits per heavy atom. The number of hydrogen-bond donors (Lipinski definition) is 1. The van der Waals surface area contributed by atoms with Crippen LogP contribution in [-0.4, -0.2) is 23.1 Å². The van der Waals surface area contributed by atoms with E-state index < -0.39 is 10.8 Å². The molecule has 0 saturated heterocycles. The lowest BCUT2D eigenvalue weighted by Crippen LogP contribution is -2.19. The van der Waals surface area contributed by atoms with Crippen molar-refractivity contribution < 1.29 is 4.21 Å².